The van der Waals surface area contributed by atoms with Crippen molar-refractivity contribution in [2.75, 3.05) is 14.2 Å². The van der Waals surface area contributed by atoms with E-state index >= 15 is 0 Å². The molecule has 1 saturated heterocycles. The molecule has 5 nitrogen and oxygen atoms in total. The van der Waals surface area contributed by atoms with Crippen molar-refractivity contribution < 1.29 is 23.5 Å². The lowest BCUT2D eigenvalue weighted by atomic mass is 9.75. The zero-order chi connectivity index (χ0) is 20.5. The fourth-order valence-corrected chi connectivity index (χ4v) is 3.12. The highest BCUT2D eigenvalue weighted by Gasteiger charge is 2.53. The Morgan fingerprint density at radius 2 is 1.43 bits per heavy atom. The first-order valence-electron chi connectivity index (χ1n) is 9.47. The van der Waals surface area contributed by atoms with E-state index in [9.17, 15) is 0 Å². The van der Waals surface area contributed by atoms with Gasteiger partial charge in [0.1, 0.15) is 23.9 Å². The van der Waals surface area contributed by atoms with Crippen LogP contribution in [0.1, 0.15) is 38.8 Å². The van der Waals surface area contributed by atoms with Gasteiger partial charge in [-0.15, -0.1) is 0 Å². The molecule has 28 heavy (non-hydrogen) atoms. The maximum absolute atomic E-state index is 6.27. The van der Waals surface area contributed by atoms with Crippen LogP contribution in [-0.2, 0) is 15.9 Å². The van der Waals surface area contributed by atoms with Crippen LogP contribution in [0.2, 0.25) is 0 Å². The van der Waals surface area contributed by atoms with E-state index in [-0.39, 0.29) is 0 Å². The second kappa shape index (κ2) is 7.68. The molecule has 2 aromatic carbocycles. The molecule has 0 saturated carbocycles. The molecule has 0 N–H and O–H groups in total. The Kier molecular flexibility index (Phi) is 5.64. The summed E-state index contributed by atoms with van der Waals surface area (Å²) < 4.78 is 29.4. The third-order valence-electron chi connectivity index (χ3n) is 5.60. The fourth-order valence-electron chi connectivity index (χ4n) is 3.12. The summed E-state index contributed by atoms with van der Waals surface area (Å²) >= 11 is 0. The van der Waals surface area contributed by atoms with Gasteiger partial charge >= 0.3 is 7.12 Å². The van der Waals surface area contributed by atoms with Gasteiger partial charge in [-0.25, -0.2) is 0 Å². The molecular formula is C22H29BO5. The summed E-state index contributed by atoms with van der Waals surface area (Å²) in [6, 6.07) is 11.7. The van der Waals surface area contributed by atoms with E-state index in [0.29, 0.717) is 12.4 Å². The summed E-state index contributed by atoms with van der Waals surface area (Å²) in [5.41, 5.74) is 2.10. The minimum absolute atomic E-state index is 0.419. The fraction of sp³-hybridized carbons (Fsp3) is 0.455. The third-order valence-corrected chi connectivity index (χ3v) is 5.60. The Morgan fingerprint density at radius 3 is 1.96 bits per heavy atom. The highest BCUT2D eigenvalue weighted by atomic mass is 16.7. The van der Waals surface area contributed by atoms with Crippen LogP contribution in [0.5, 0.6) is 17.2 Å². The second-order valence-corrected chi connectivity index (χ2v) is 8.08. The van der Waals surface area contributed by atoms with E-state index in [1.807, 2.05) is 71.0 Å². The molecule has 1 aliphatic rings. The van der Waals surface area contributed by atoms with E-state index in [1.54, 1.807) is 14.2 Å². The quantitative estimate of drug-likeness (QED) is 0.708. The van der Waals surface area contributed by atoms with Gasteiger partial charge < -0.3 is 23.5 Å². The lowest BCUT2D eigenvalue weighted by Gasteiger charge is -2.32. The van der Waals surface area contributed by atoms with Gasteiger partial charge in [0, 0.05) is 11.5 Å². The van der Waals surface area contributed by atoms with E-state index in [0.717, 1.165) is 28.1 Å². The zero-order valence-corrected chi connectivity index (χ0v) is 17.8. The van der Waals surface area contributed by atoms with E-state index in [1.165, 1.54) is 0 Å². The first kappa shape index (κ1) is 20.6. The molecule has 0 spiro atoms. The van der Waals surface area contributed by atoms with Gasteiger partial charge in [0.25, 0.3) is 0 Å². The number of benzene rings is 2. The first-order valence-corrected chi connectivity index (χ1v) is 9.47. The minimum atomic E-state index is -0.498. The van der Waals surface area contributed by atoms with Crippen molar-refractivity contribution in [1.82, 2.24) is 0 Å². The Balaban J connectivity index is 1.90. The monoisotopic (exact) mass is 384 g/mol. The van der Waals surface area contributed by atoms with Crippen LogP contribution >= 0.6 is 0 Å². The molecule has 0 radical (unpaired) electrons. The summed E-state index contributed by atoms with van der Waals surface area (Å²) in [5, 5.41) is 0. The number of rotatable bonds is 6. The molecule has 1 heterocycles. The molecule has 0 amide bonds. The number of methoxy groups -OCH3 is 2. The van der Waals surface area contributed by atoms with Crippen LogP contribution < -0.4 is 19.7 Å². The number of aryl methyl sites for hydroxylation is 1. The first-order chi connectivity index (χ1) is 13.2. The van der Waals surface area contributed by atoms with Crippen molar-refractivity contribution >= 4 is 12.6 Å². The number of hydrogen-bond donors (Lipinski definition) is 0. The van der Waals surface area contributed by atoms with Gasteiger partial charge in [0.2, 0.25) is 0 Å². The van der Waals surface area contributed by atoms with Gasteiger partial charge in [-0.1, -0.05) is 12.1 Å². The predicted molar refractivity (Wildman–Crippen MR) is 111 cm³/mol. The number of hydrogen-bond acceptors (Lipinski definition) is 5. The maximum Gasteiger partial charge on any atom is 0.498 e. The Labute approximate surface area is 168 Å². The zero-order valence-electron chi connectivity index (χ0n) is 17.8. The van der Waals surface area contributed by atoms with Gasteiger partial charge in [0.15, 0.2) is 0 Å². The average molecular weight is 384 g/mol. The topological polar surface area (TPSA) is 46.2 Å². The van der Waals surface area contributed by atoms with Crippen molar-refractivity contribution in [3.8, 4) is 17.2 Å². The maximum atomic E-state index is 6.27. The average Bonchev–Trinajstić information content (AvgIpc) is 2.86. The van der Waals surface area contributed by atoms with E-state index in [4.69, 9.17) is 23.5 Å². The Hall–Kier alpha value is -2.18. The lowest BCUT2D eigenvalue weighted by molar-refractivity contribution is 0.00578. The summed E-state index contributed by atoms with van der Waals surface area (Å²) in [7, 11) is 2.81. The molecule has 0 atom stereocenters. The predicted octanol–water partition coefficient (Wildman–Crippen LogP) is 3.89. The summed E-state index contributed by atoms with van der Waals surface area (Å²) in [5.74, 6) is 2.26. The molecule has 0 unspecified atom stereocenters. The normalized spacial score (nSPS) is 17.5. The highest BCUT2D eigenvalue weighted by molar-refractivity contribution is 6.63. The standard InChI is InChI=1S/C22H29BO5/c1-15-12-18(25-7)13-19(26-14-16-8-10-17(24-6)11-9-16)20(15)23-27-21(2,3)22(4,5)28-23/h8-13H,14H2,1-7H3. The van der Waals surface area contributed by atoms with Crippen LogP contribution in [0, 0.1) is 6.92 Å². The smallest absolute Gasteiger partial charge is 0.497 e. The molecule has 0 aliphatic carbocycles. The van der Waals surface area contributed by atoms with Crippen LogP contribution in [0.3, 0.4) is 0 Å². The minimum Gasteiger partial charge on any atom is -0.497 e. The third kappa shape index (κ3) is 3.98. The second-order valence-electron chi connectivity index (χ2n) is 8.08. The van der Waals surface area contributed by atoms with Crippen molar-refractivity contribution in [3.05, 3.63) is 47.5 Å². The van der Waals surface area contributed by atoms with Gasteiger partial charge in [-0.2, -0.15) is 0 Å². The molecule has 0 aromatic heterocycles. The van der Waals surface area contributed by atoms with Crippen LogP contribution in [-0.4, -0.2) is 32.5 Å². The Morgan fingerprint density at radius 1 is 0.857 bits per heavy atom. The molecule has 3 rings (SSSR count). The summed E-state index contributed by atoms with van der Waals surface area (Å²) in [6.45, 7) is 10.6. The van der Waals surface area contributed by atoms with Gasteiger partial charge in [0.05, 0.1) is 25.4 Å². The molecule has 2 aromatic rings. The van der Waals surface area contributed by atoms with E-state index < -0.39 is 18.3 Å². The number of ether oxygens (including phenoxy) is 3. The summed E-state index contributed by atoms with van der Waals surface area (Å²) in [6.07, 6.45) is 0. The summed E-state index contributed by atoms with van der Waals surface area (Å²) in [4.78, 5) is 0. The molecule has 1 aliphatic heterocycles. The van der Waals surface area contributed by atoms with Crippen LogP contribution in [0.15, 0.2) is 36.4 Å². The van der Waals surface area contributed by atoms with E-state index in [2.05, 4.69) is 0 Å². The van der Waals surface area contributed by atoms with Gasteiger partial charge in [-0.3, -0.25) is 0 Å². The van der Waals surface area contributed by atoms with Gasteiger partial charge in [-0.05, 0) is 63.9 Å². The Bertz CT molecular complexity index is 814. The largest absolute Gasteiger partial charge is 0.498 e. The van der Waals surface area contributed by atoms with Crippen LogP contribution in [0.4, 0.5) is 0 Å². The molecular weight excluding hydrogens is 355 g/mol. The SMILES string of the molecule is COc1ccc(COc2cc(OC)cc(C)c2B2OC(C)(C)C(C)(C)O2)cc1. The lowest BCUT2D eigenvalue weighted by Crippen LogP contribution is -2.41. The molecule has 150 valence electrons. The van der Waals surface area contributed by atoms with Crippen molar-refractivity contribution in [3.63, 3.8) is 0 Å². The molecule has 0 bridgehead atoms. The van der Waals surface area contributed by atoms with Crippen molar-refractivity contribution in [2.24, 2.45) is 0 Å². The van der Waals surface area contributed by atoms with Crippen molar-refractivity contribution in [1.29, 1.82) is 0 Å². The highest BCUT2D eigenvalue weighted by Crippen LogP contribution is 2.38. The molecule has 6 heteroatoms. The van der Waals surface area contributed by atoms with Crippen LogP contribution in [0.25, 0.3) is 0 Å². The molecule has 1 fully saturated rings. The van der Waals surface area contributed by atoms with Crippen molar-refractivity contribution in [2.45, 2.75) is 52.4 Å².